The molecule has 2 aromatic carbocycles. The van der Waals surface area contributed by atoms with Gasteiger partial charge in [0.2, 0.25) is 15.9 Å². The van der Waals surface area contributed by atoms with Crippen molar-refractivity contribution in [3.8, 4) is 17.2 Å². The number of halogens is 1. The number of benzene rings is 2. The van der Waals surface area contributed by atoms with E-state index in [1.807, 2.05) is 18.2 Å². The Balaban J connectivity index is 1.92. The molecule has 0 radical (unpaired) electrons. The molecule has 3 rings (SSSR count). The maximum Gasteiger partial charge on any atom is 0.246 e. The number of carbonyl (C=O) groups excluding carboxylic acids is 1. The largest absolute Gasteiger partial charge is 0.495 e. The number of hydrogen-bond donors (Lipinski definition) is 1. The van der Waals surface area contributed by atoms with Crippen LogP contribution < -0.4 is 19.9 Å². The molecule has 32 heavy (non-hydrogen) atoms. The summed E-state index contributed by atoms with van der Waals surface area (Å²) in [4.78, 5) is 11.8. The molecule has 1 aliphatic rings. The number of nitrogens with two attached hydrogens (primary N) is 1. The fraction of sp³-hybridized carbons (Fsp3) is 0.409. The Morgan fingerprint density at radius 3 is 2.47 bits per heavy atom. The highest BCUT2D eigenvalue weighted by atomic mass is 35.5. The fourth-order valence-electron chi connectivity index (χ4n) is 3.98. The zero-order chi connectivity index (χ0) is 23.4. The van der Waals surface area contributed by atoms with E-state index >= 15 is 0 Å². The van der Waals surface area contributed by atoms with Crippen LogP contribution in [-0.2, 0) is 14.8 Å². The van der Waals surface area contributed by atoms with Crippen LogP contribution in [0.15, 0.2) is 47.4 Å². The summed E-state index contributed by atoms with van der Waals surface area (Å²) in [5.74, 6) is 0.559. The summed E-state index contributed by atoms with van der Waals surface area (Å²) in [6.45, 7) is 0.533. The van der Waals surface area contributed by atoms with E-state index in [1.54, 1.807) is 12.1 Å². The lowest BCUT2D eigenvalue weighted by Crippen LogP contribution is -2.50. The van der Waals surface area contributed by atoms with Gasteiger partial charge >= 0.3 is 0 Å². The number of para-hydroxylation sites is 1. The molecule has 0 bridgehead atoms. The molecule has 0 unspecified atom stereocenters. The molecule has 0 spiro atoms. The molecule has 0 saturated carbocycles. The second-order valence-corrected chi connectivity index (χ2v) is 10.1. The van der Waals surface area contributed by atoms with Crippen LogP contribution in [0.3, 0.4) is 0 Å². The Hall–Kier alpha value is -2.49. The molecule has 1 heterocycles. The third-order valence-electron chi connectivity index (χ3n) is 5.52. The van der Waals surface area contributed by atoms with E-state index in [-0.39, 0.29) is 35.2 Å². The van der Waals surface area contributed by atoms with E-state index < -0.39 is 21.3 Å². The third kappa shape index (κ3) is 5.28. The highest BCUT2D eigenvalue weighted by molar-refractivity contribution is 7.89. The first-order valence-electron chi connectivity index (χ1n) is 10.1. The quantitative estimate of drug-likeness (QED) is 0.588. The van der Waals surface area contributed by atoms with Gasteiger partial charge in [0, 0.05) is 31.0 Å². The van der Waals surface area contributed by atoms with Gasteiger partial charge in [-0.1, -0.05) is 29.8 Å². The normalized spacial score (nSPS) is 19.3. The van der Waals surface area contributed by atoms with Gasteiger partial charge in [0.1, 0.15) is 22.1 Å². The first-order valence-corrected chi connectivity index (χ1v) is 11.9. The predicted molar refractivity (Wildman–Crippen MR) is 121 cm³/mol. The van der Waals surface area contributed by atoms with Gasteiger partial charge < -0.3 is 19.9 Å². The number of nitrogens with zero attached hydrogens (tertiary/aromatic N) is 1. The molecule has 2 N–H and O–H groups in total. The van der Waals surface area contributed by atoms with Gasteiger partial charge in [-0.2, -0.15) is 4.31 Å². The number of amides is 1. The van der Waals surface area contributed by atoms with Crippen molar-refractivity contribution in [2.45, 2.75) is 24.2 Å². The van der Waals surface area contributed by atoms with Crippen LogP contribution >= 0.6 is 11.6 Å². The highest BCUT2D eigenvalue weighted by Gasteiger charge is 2.43. The number of methoxy groups -OCH3 is 2. The van der Waals surface area contributed by atoms with Crippen LogP contribution in [0.1, 0.15) is 19.3 Å². The molecule has 1 atom stereocenters. The molecule has 174 valence electrons. The van der Waals surface area contributed by atoms with Crippen molar-refractivity contribution < 1.29 is 27.4 Å². The number of rotatable bonds is 9. The number of sulfonamides is 1. The highest BCUT2D eigenvalue weighted by Crippen LogP contribution is 2.40. The second-order valence-electron chi connectivity index (χ2n) is 7.82. The van der Waals surface area contributed by atoms with Crippen LogP contribution in [-0.4, -0.2) is 52.5 Å². The summed E-state index contributed by atoms with van der Waals surface area (Å²) >= 11 is 6.20. The summed E-state index contributed by atoms with van der Waals surface area (Å²) in [6, 6.07) is 11.9. The monoisotopic (exact) mass is 482 g/mol. The minimum Gasteiger partial charge on any atom is -0.495 e. The van der Waals surface area contributed by atoms with Crippen molar-refractivity contribution in [1.82, 2.24) is 4.31 Å². The Bertz CT molecular complexity index is 1060. The maximum absolute atomic E-state index is 13.6. The third-order valence-corrected chi connectivity index (χ3v) is 7.68. The number of primary amides is 1. The van der Waals surface area contributed by atoms with Crippen molar-refractivity contribution in [3.05, 3.63) is 47.5 Å². The molecular formula is C22H27ClN2O6S. The summed E-state index contributed by atoms with van der Waals surface area (Å²) < 4.78 is 44.8. The molecular weight excluding hydrogens is 456 g/mol. The molecule has 0 aliphatic carbocycles. The Morgan fingerprint density at radius 2 is 1.84 bits per heavy atom. The molecule has 10 heteroatoms. The van der Waals surface area contributed by atoms with Gasteiger partial charge in [0.15, 0.2) is 0 Å². The summed E-state index contributed by atoms with van der Waals surface area (Å²) in [6.07, 6.45) is 1.17. The van der Waals surface area contributed by atoms with E-state index in [0.29, 0.717) is 30.9 Å². The lowest BCUT2D eigenvalue weighted by molar-refractivity contribution is -0.121. The van der Waals surface area contributed by atoms with Crippen LogP contribution in [0.4, 0.5) is 0 Å². The van der Waals surface area contributed by atoms with Crippen molar-refractivity contribution in [1.29, 1.82) is 0 Å². The minimum atomic E-state index is -3.98. The number of ether oxygens (including phenoxy) is 3. The van der Waals surface area contributed by atoms with Crippen molar-refractivity contribution in [2.24, 2.45) is 11.1 Å². The van der Waals surface area contributed by atoms with E-state index in [1.165, 1.54) is 30.7 Å². The standard InChI is InChI=1S/C22H27ClN2O6S/c1-29-18-12-19(30-2)20(11-17(18)23)32(27,28)25-10-6-9-22(14-25,13-21(24)26)15-31-16-7-4-3-5-8-16/h3-5,7-8,11-12H,6,9-10,13-15H2,1-2H3,(H2,24,26)/t22-/m1/s1. The molecule has 1 amide bonds. The molecule has 1 fully saturated rings. The van der Waals surface area contributed by atoms with Crippen molar-refractivity contribution in [3.63, 3.8) is 0 Å². The second kappa shape index (κ2) is 9.97. The van der Waals surface area contributed by atoms with Gasteiger partial charge in [-0.25, -0.2) is 8.42 Å². The molecule has 1 saturated heterocycles. The fourth-order valence-corrected chi connectivity index (χ4v) is 6.04. The van der Waals surface area contributed by atoms with Gasteiger partial charge in [0.25, 0.3) is 0 Å². The topological polar surface area (TPSA) is 108 Å². The summed E-state index contributed by atoms with van der Waals surface area (Å²) in [7, 11) is -1.17. The van der Waals surface area contributed by atoms with E-state index in [4.69, 9.17) is 31.5 Å². The average molecular weight is 483 g/mol. The Kier molecular flexibility index (Phi) is 7.53. The van der Waals surface area contributed by atoms with E-state index in [2.05, 4.69) is 0 Å². The van der Waals surface area contributed by atoms with E-state index in [9.17, 15) is 13.2 Å². The zero-order valence-electron chi connectivity index (χ0n) is 18.0. The van der Waals surface area contributed by atoms with E-state index in [0.717, 1.165) is 0 Å². The lowest BCUT2D eigenvalue weighted by Gasteiger charge is -2.41. The van der Waals surface area contributed by atoms with Gasteiger partial charge in [-0.15, -0.1) is 0 Å². The lowest BCUT2D eigenvalue weighted by atomic mass is 9.78. The van der Waals surface area contributed by atoms with Gasteiger partial charge in [-0.3, -0.25) is 4.79 Å². The first-order chi connectivity index (χ1) is 15.2. The summed E-state index contributed by atoms with van der Waals surface area (Å²) in [5.41, 5.74) is 4.77. The predicted octanol–water partition coefficient (Wildman–Crippen LogP) is 3.08. The number of carbonyl (C=O) groups is 1. The maximum atomic E-state index is 13.6. The average Bonchev–Trinajstić information content (AvgIpc) is 2.78. The Labute approximate surface area is 193 Å². The van der Waals surface area contributed by atoms with Crippen LogP contribution in [0, 0.1) is 5.41 Å². The Morgan fingerprint density at radius 1 is 1.16 bits per heavy atom. The zero-order valence-corrected chi connectivity index (χ0v) is 19.6. The summed E-state index contributed by atoms with van der Waals surface area (Å²) in [5, 5.41) is 0.152. The van der Waals surface area contributed by atoms with Crippen LogP contribution in [0.5, 0.6) is 17.2 Å². The van der Waals surface area contributed by atoms with Gasteiger partial charge in [0.05, 0.1) is 25.8 Å². The molecule has 1 aliphatic heterocycles. The molecule has 8 nitrogen and oxygen atoms in total. The van der Waals surface area contributed by atoms with Crippen molar-refractivity contribution in [2.75, 3.05) is 33.9 Å². The number of hydrogen-bond acceptors (Lipinski definition) is 6. The SMILES string of the molecule is COc1cc(OC)c(S(=O)(=O)N2CCC[C@@](COc3ccccc3)(CC(N)=O)C2)cc1Cl. The molecule has 2 aromatic rings. The minimum absolute atomic E-state index is 0.00631. The number of piperidine rings is 1. The smallest absolute Gasteiger partial charge is 0.246 e. The van der Waals surface area contributed by atoms with Crippen LogP contribution in [0.25, 0.3) is 0 Å². The first kappa shape index (κ1) is 24.2. The van der Waals surface area contributed by atoms with Gasteiger partial charge in [-0.05, 0) is 31.0 Å². The van der Waals surface area contributed by atoms with Crippen molar-refractivity contribution >= 4 is 27.5 Å². The molecule has 0 aromatic heterocycles. The van der Waals surface area contributed by atoms with Crippen LogP contribution in [0.2, 0.25) is 5.02 Å².